The minimum Gasteiger partial charge on any atom is -0.396 e. The first-order valence-corrected chi connectivity index (χ1v) is 17.5. The van der Waals surface area contributed by atoms with E-state index in [0.717, 1.165) is 28.9 Å². The van der Waals surface area contributed by atoms with E-state index in [1.807, 2.05) is 55.5 Å². The normalized spacial score (nSPS) is 25.7. The smallest absolute Gasteiger partial charge is 0.264 e. The van der Waals surface area contributed by atoms with Gasteiger partial charge in [0.05, 0.1) is 24.0 Å². The average Bonchev–Trinajstić information content (AvgIpc) is 3.36. The zero-order valence-corrected chi connectivity index (χ0v) is 25.2. The van der Waals surface area contributed by atoms with Gasteiger partial charge in [-0.05, 0) is 73.5 Å². The van der Waals surface area contributed by atoms with Crippen LogP contribution in [-0.2, 0) is 32.9 Å². The molecular formula is C32H34ClFN2O4Si. The molecule has 6 rings (SSSR count). The minimum atomic E-state index is -3.27. The summed E-state index contributed by atoms with van der Waals surface area (Å²) >= 11 is 6.43. The maximum atomic E-state index is 15.7. The van der Waals surface area contributed by atoms with Crippen molar-refractivity contribution in [3.8, 4) is 0 Å². The number of nitrogens with zero attached hydrogens (tertiary/aromatic N) is 2. The van der Waals surface area contributed by atoms with Crippen molar-refractivity contribution in [2.24, 2.45) is 5.92 Å². The van der Waals surface area contributed by atoms with Crippen molar-refractivity contribution in [2.75, 3.05) is 16.4 Å². The van der Waals surface area contributed by atoms with Crippen molar-refractivity contribution in [2.45, 2.75) is 63.1 Å². The van der Waals surface area contributed by atoms with Crippen LogP contribution in [0.3, 0.4) is 0 Å². The second kappa shape index (κ2) is 10.3. The third-order valence-corrected chi connectivity index (χ3v) is 11.7. The number of amides is 2. The number of ether oxygens (including phenoxy) is 1. The number of rotatable bonds is 6. The highest BCUT2D eigenvalue weighted by Crippen LogP contribution is 2.60. The lowest BCUT2D eigenvalue weighted by Crippen LogP contribution is -2.45. The summed E-state index contributed by atoms with van der Waals surface area (Å²) in [6.45, 7) is 5.31. The maximum absolute atomic E-state index is 15.7. The van der Waals surface area contributed by atoms with E-state index in [4.69, 9.17) is 16.3 Å². The maximum Gasteiger partial charge on any atom is 0.264 e. The summed E-state index contributed by atoms with van der Waals surface area (Å²) < 4.78 is 22.2. The van der Waals surface area contributed by atoms with Gasteiger partial charge in [0.1, 0.15) is 0 Å². The SMILES string of the molecule is C[C@H]1[C@H]([Si](C)(C)F)[C@@H](CCO)O[C@]12C(=O)N(Cc1ccc(N3C(=O)CCc4ccccc43)cc1)c1ccc(Cl)cc12. The van der Waals surface area contributed by atoms with Gasteiger partial charge in [-0.2, -0.15) is 0 Å². The Bertz CT molecular complexity index is 1510. The van der Waals surface area contributed by atoms with E-state index in [2.05, 4.69) is 6.07 Å². The van der Waals surface area contributed by atoms with E-state index in [-0.39, 0.29) is 31.4 Å². The number of benzene rings is 3. The van der Waals surface area contributed by atoms with Crippen molar-refractivity contribution in [1.29, 1.82) is 0 Å². The molecule has 1 fully saturated rings. The van der Waals surface area contributed by atoms with Crippen LogP contribution in [0.1, 0.15) is 36.5 Å². The summed E-state index contributed by atoms with van der Waals surface area (Å²) in [4.78, 5) is 30.7. The van der Waals surface area contributed by atoms with Gasteiger partial charge in [-0.1, -0.05) is 48.9 Å². The Labute approximate surface area is 245 Å². The Morgan fingerprint density at radius 3 is 2.49 bits per heavy atom. The second-order valence-corrected chi connectivity index (χ2v) is 16.1. The van der Waals surface area contributed by atoms with Gasteiger partial charge < -0.3 is 18.9 Å². The largest absolute Gasteiger partial charge is 0.396 e. The number of para-hydroxylation sites is 1. The van der Waals surface area contributed by atoms with Crippen LogP contribution in [-0.4, -0.2) is 38.0 Å². The molecular weight excluding hydrogens is 559 g/mol. The highest BCUT2D eigenvalue weighted by Gasteiger charge is 2.66. The van der Waals surface area contributed by atoms with Gasteiger partial charge >= 0.3 is 0 Å². The van der Waals surface area contributed by atoms with Crippen LogP contribution in [0.25, 0.3) is 0 Å². The molecule has 3 heterocycles. The molecule has 214 valence electrons. The molecule has 1 spiro atoms. The number of carbonyl (C=O) groups excluding carboxylic acids is 2. The predicted molar refractivity (Wildman–Crippen MR) is 161 cm³/mol. The number of aliphatic hydroxyl groups is 1. The number of hydrogen-bond acceptors (Lipinski definition) is 4. The van der Waals surface area contributed by atoms with E-state index in [0.29, 0.717) is 22.7 Å². The van der Waals surface area contributed by atoms with Crippen molar-refractivity contribution in [3.63, 3.8) is 0 Å². The quantitative estimate of drug-likeness (QED) is 0.257. The molecule has 3 aromatic rings. The highest BCUT2D eigenvalue weighted by atomic mass is 35.5. The fourth-order valence-electron chi connectivity index (χ4n) is 7.22. The molecule has 41 heavy (non-hydrogen) atoms. The van der Waals surface area contributed by atoms with Gasteiger partial charge in [0, 0.05) is 40.8 Å². The molecule has 0 aliphatic carbocycles. The summed E-state index contributed by atoms with van der Waals surface area (Å²) in [7, 11) is -3.27. The second-order valence-electron chi connectivity index (χ2n) is 11.9. The van der Waals surface area contributed by atoms with Gasteiger partial charge in [0.25, 0.3) is 5.91 Å². The summed E-state index contributed by atoms with van der Waals surface area (Å²) in [6.07, 6.45) is 0.882. The Morgan fingerprint density at radius 1 is 1.05 bits per heavy atom. The van der Waals surface area contributed by atoms with Crippen molar-refractivity contribution in [3.05, 3.63) is 88.4 Å². The standard InChI is InChI=1S/C32H34ClFN2O4Si/c1-20-30(41(2,3)34)28(16-17-37)40-32(20)25-18-23(33)11-14-27(25)35(31(32)39)19-21-8-12-24(13-9-21)36-26-7-5-4-6-22(26)10-15-29(36)38/h4-9,11-14,18,20,28,30,37H,10,15-17,19H2,1-3H3/t20-,28+,30-,32+/m0/s1. The number of fused-ring (bicyclic) bond motifs is 3. The molecule has 6 nitrogen and oxygen atoms in total. The topological polar surface area (TPSA) is 70.1 Å². The molecule has 2 amide bonds. The molecule has 0 radical (unpaired) electrons. The number of carbonyl (C=O) groups is 2. The molecule has 9 heteroatoms. The number of halogens is 2. The molecule has 1 N–H and O–H groups in total. The molecule has 0 bridgehead atoms. The molecule has 0 saturated carbocycles. The van der Waals surface area contributed by atoms with Gasteiger partial charge in [-0.3, -0.25) is 14.5 Å². The molecule has 0 unspecified atom stereocenters. The average molecular weight is 593 g/mol. The molecule has 4 atom stereocenters. The lowest BCUT2D eigenvalue weighted by molar-refractivity contribution is -0.146. The van der Waals surface area contributed by atoms with Crippen molar-refractivity contribution in [1.82, 2.24) is 0 Å². The number of hydrogen-bond donors (Lipinski definition) is 1. The fraction of sp³-hybridized carbons (Fsp3) is 0.375. The Hall–Kier alpha value is -3.04. The first-order chi connectivity index (χ1) is 19.6. The van der Waals surface area contributed by atoms with E-state index in [1.165, 1.54) is 0 Å². The summed E-state index contributed by atoms with van der Waals surface area (Å²) in [5, 5.41) is 10.2. The number of aryl methyl sites for hydroxylation is 1. The van der Waals surface area contributed by atoms with Crippen LogP contribution in [0.5, 0.6) is 0 Å². The van der Waals surface area contributed by atoms with E-state index >= 15 is 4.11 Å². The first-order valence-electron chi connectivity index (χ1n) is 14.2. The molecule has 3 aliphatic heterocycles. The van der Waals surface area contributed by atoms with Gasteiger partial charge in [0.2, 0.25) is 14.3 Å². The lowest BCUT2D eigenvalue weighted by Gasteiger charge is -2.31. The van der Waals surface area contributed by atoms with Crippen molar-refractivity contribution < 1.29 is 23.5 Å². The molecule has 1 saturated heterocycles. The Kier molecular flexibility index (Phi) is 7.09. The van der Waals surface area contributed by atoms with Gasteiger partial charge in [-0.25, -0.2) is 0 Å². The van der Waals surface area contributed by atoms with Crippen LogP contribution < -0.4 is 9.80 Å². The van der Waals surface area contributed by atoms with Crippen LogP contribution in [0, 0.1) is 5.92 Å². The minimum absolute atomic E-state index is 0.0533. The monoisotopic (exact) mass is 592 g/mol. The Morgan fingerprint density at radius 2 is 1.78 bits per heavy atom. The first kappa shape index (κ1) is 28.1. The zero-order chi connectivity index (χ0) is 29.1. The van der Waals surface area contributed by atoms with E-state index in [1.54, 1.807) is 35.0 Å². The third-order valence-electron chi connectivity index (χ3n) is 8.96. The van der Waals surface area contributed by atoms with Crippen LogP contribution in [0.15, 0.2) is 66.7 Å². The summed E-state index contributed by atoms with van der Waals surface area (Å²) in [6, 6.07) is 21.0. The molecule has 3 aliphatic rings. The third kappa shape index (κ3) is 4.52. The summed E-state index contributed by atoms with van der Waals surface area (Å²) in [5.74, 6) is -0.624. The predicted octanol–water partition coefficient (Wildman–Crippen LogP) is 6.66. The van der Waals surface area contributed by atoms with Crippen molar-refractivity contribution >= 4 is 48.9 Å². The van der Waals surface area contributed by atoms with Gasteiger partial charge in [0.15, 0.2) is 5.60 Å². The zero-order valence-electron chi connectivity index (χ0n) is 23.4. The number of aliphatic hydroxyl groups excluding tert-OH is 1. The van der Waals surface area contributed by atoms with E-state index in [9.17, 15) is 14.7 Å². The van der Waals surface area contributed by atoms with Crippen LogP contribution >= 0.6 is 11.6 Å². The summed E-state index contributed by atoms with van der Waals surface area (Å²) in [5.41, 5.74) is 3.21. The van der Waals surface area contributed by atoms with Crippen LogP contribution in [0.4, 0.5) is 21.2 Å². The van der Waals surface area contributed by atoms with Crippen LogP contribution in [0.2, 0.25) is 23.7 Å². The fourth-order valence-corrected chi connectivity index (χ4v) is 9.93. The highest BCUT2D eigenvalue weighted by molar-refractivity contribution is 6.72. The van der Waals surface area contributed by atoms with E-state index < -0.39 is 31.6 Å². The Balaban J connectivity index is 1.34. The molecule has 3 aromatic carbocycles. The lowest BCUT2D eigenvalue weighted by atomic mass is 9.82. The molecule has 0 aromatic heterocycles. The number of anilines is 3. The van der Waals surface area contributed by atoms with Gasteiger partial charge in [-0.15, -0.1) is 0 Å².